The Labute approximate surface area is 116 Å². The first-order valence-corrected chi connectivity index (χ1v) is 7.13. The summed E-state index contributed by atoms with van der Waals surface area (Å²) in [6.45, 7) is 2.85. The van der Waals surface area contributed by atoms with Gasteiger partial charge in [0.15, 0.2) is 0 Å². The molecule has 0 saturated heterocycles. The van der Waals surface area contributed by atoms with Crippen molar-refractivity contribution in [1.29, 1.82) is 0 Å². The highest BCUT2D eigenvalue weighted by molar-refractivity contribution is 5.35. The van der Waals surface area contributed by atoms with Crippen LogP contribution in [0, 0.1) is 18.3 Å². The van der Waals surface area contributed by atoms with E-state index >= 15 is 0 Å². The monoisotopic (exact) mass is 254 g/mol. The zero-order valence-electron chi connectivity index (χ0n) is 11.6. The molecule has 0 N–H and O–H groups in total. The molecule has 0 atom stereocenters. The molecular weight excluding hydrogens is 232 g/mol. The predicted molar refractivity (Wildman–Crippen MR) is 79.8 cm³/mol. The summed E-state index contributed by atoms with van der Waals surface area (Å²) in [5.74, 6) is 4.09. The lowest BCUT2D eigenvalue weighted by molar-refractivity contribution is 0.159. The zero-order valence-corrected chi connectivity index (χ0v) is 11.6. The summed E-state index contributed by atoms with van der Waals surface area (Å²) in [4.78, 5) is 0. The molecule has 0 aliphatic heterocycles. The van der Waals surface area contributed by atoms with Crippen LogP contribution in [0.5, 0.6) is 0 Å². The lowest BCUT2D eigenvalue weighted by atomic mass is 9.79. The van der Waals surface area contributed by atoms with E-state index < -0.39 is 0 Å². The van der Waals surface area contributed by atoms with Gasteiger partial charge >= 0.3 is 0 Å². The van der Waals surface area contributed by atoms with Crippen LogP contribution in [0.25, 0.3) is 0 Å². The van der Waals surface area contributed by atoms with Gasteiger partial charge in [-0.2, -0.15) is 0 Å². The van der Waals surface area contributed by atoms with Gasteiger partial charge in [0.05, 0.1) is 12.9 Å². The maximum atomic E-state index is 5.49. The van der Waals surface area contributed by atoms with Crippen molar-refractivity contribution in [2.24, 2.45) is 5.92 Å². The van der Waals surface area contributed by atoms with Crippen LogP contribution in [-0.4, -0.2) is 6.61 Å². The number of benzene rings is 1. The molecule has 0 spiro atoms. The SMILES string of the molecule is C#Cc1ccc([C@H]2CC[C@H](CO/C=C\C)CC2)cc1. The van der Waals surface area contributed by atoms with Gasteiger partial charge < -0.3 is 4.74 Å². The van der Waals surface area contributed by atoms with Crippen molar-refractivity contribution in [3.63, 3.8) is 0 Å². The Bertz CT molecular complexity index is 442. The maximum absolute atomic E-state index is 5.49. The standard InChI is InChI=1S/C18H22O/c1-3-13-19-14-16-7-11-18(12-8-16)17-9-5-15(4-2)6-10-17/h2-3,5-6,9-10,13,16,18H,7-8,11-12,14H2,1H3/b13-3-/t16-,18-. The molecule has 1 nitrogen and oxygen atoms in total. The second-order valence-electron chi connectivity index (χ2n) is 5.29. The van der Waals surface area contributed by atoms with Crippen LogP contribution in [0.2, 0.25) is 0 Å². The van der Waals surface area contributed by atoms with Crippen molar-refractivity contribution >= 4 is 0 Å². The smallest absolute Gasteiger partial charge is 0.0901 e. The second-order valence-corrected chi connectivity index (χ2v) is 5.29. The normalized spacial score (nSPS) is 23.2. The average Bonchev–Trinajstić information content (AvgIpc) is 2.48. The number of hydrogen-bond donors (Lipinski definition) is 0. The van der Waals surface area contributed by atoms with Crippen LogP contribution in [0.4, 0.5) is 0 Å². The van der Waals surface area contributed by atoms with Crippen LogP contribution in [0.1, 0.15) is 49.7 Å². The molecule has 0 unspecified atom stereocenters. The van der Waals surface area contributed by atoms with Gasteiger partial charge in [0.25, 0.3) is 0 Å². The van der Waals surface area contributed by atoms with Crippen LogP contribution >= 0.6 is 0 Å². The molecule has 19 heavy (non-hydrogen) atoms. The fourth-order valence-corrected chi connectivity index (χ4v) is 2.80. The van der Waals surface area contributed by atoms with Gasteiger partial charge in [0.1, 0.15) is 0 Å². The summed E-state index contributed by atoms with van der Waals surface area (Å²) in [5, 5.41) is 0. The van der Waals surface area contributed by atoms with E-state index in [1.807, 2.05) is 13.0 Å². The fraction of sp³-hybridized carbons (Fsp3) is 0.444. The van der Waals surface area contributed by atoms with E-state index in [4.69, 9.17) is 11.2 Å². The third-order valence-corrected chi connectivity index (χ3v) is 3.96. The number of ether oxygens (including phenoxy) is 1. The quantitative estimate of drug-likeness (QED) is 0.568. The molecule has 1 aromatic rings. The Hall–Kier alpha value is -1.68. The first-order valence-electron chi connectivity index (χ1n) is 7.13. The van der Waals surface area contributed by atoms with Crippen molar-refractivity contribution in [2.45, 2.75) is 38.5 Å². The topological polar surface area (TPSA) is 9.23 Å². The highest BCUT2D eigenvalue weighted by atomic mass is 16.5. The number of rotatable bonds is 4. The summed E-state index contributed by atoms with van der Waals surface area (Å²) in [6, 6.07) is 8.49. The second kappa shape index (κ2) is 7.04. The Morgan fingerprint density at radius 1 is 1.21 bits per heavy atom. The molecule has 1 aromatic carbocycles. The average molecular weight is 254 g/mol. The first-order chi connectivity index (χ1) is 9.33. The molecule has 0 radical (unpaired) electrons. The molecule has 1 fully saturated rings. The summed E-state index contributed by atoms with van der Waals surface area (Å²) in [5.41, 5.74) is 2.41. The Morgan fingerprint density at radius 3 is 2.47 bits per heavy atom. The van der Waals surface area contributed by atoms with E-state index in [0.29, 0.717) is 5.92 Å². The van der Waals surface area contributed by atoms with E-state index in [9.17, 15) is 0 Å². The molecule has 0 aromatic heterocycles. The molecule has 0 heterocycles. The molecule has 2 rings (SSSR count). The number of allylic oxidation sites excluding steroid dienone is 1. The molecule has 100 valence electrons. The molecular formula is C18H22O. The molecule has 1 saturated carbocycles. The van der Waals surface area contributed by atoms with Gasteiger partial charge in [-0.3, -0.25) is 0 Å². The van der Waals surface area contributed by atoms with E-state index in [-0.39, 0.29) is 0 Å². The van der Waals surface area contributed by atoms with E-state index in [0.717, 1.165) is 18.1 Å². The van der Waals surface area contributed by atoms with Crippen LogP contribution < -0.4 is 0 Å². The highest BCUT2D eigenvalue weighted by Gasteiger charge is 2.22. The molecule has 1 aliphatic carbocycles. The fourth-order valence-electron chi connectivity index (χ4n) is 2.80. The van der Waals surface area contributed by atoms with Crippen molar-refractivity contribution in [3.05, 3.63) is 47.7 Å². The van der Waals surface area contributed by atoms with Gasteiger partial charge in [-0.05, 0) is 62.1 Å². The third-order valence-electron chi connectivity index (χ3n) is 3.96. The maximum Gasteiger partial charge on any atom is 0.0901 e. The lowest BCUT2D eigenvalue weighted by Crippen LogP contribution is -2.17. The molecule has 1 heteroatoms. The summed E-state index contributed by atoms with van der Waals surface area (Å²) < 4.78 is 5.49. The molecule has 0 amide bonds. The largest absolute Gasteiger partial charge is 0.501 e. The van der Waals surface area contributed by atoms with Crippen molar-refractivity contribution in [3.8, 4) is 12.3 Å². The van der Waals surface area contributed by atoms with E-state index in [2.05, 4.69) is 30.2 Å². The summed E-state index contributed by atoms with van der Waals surface area (Å²) in [7, 11) is 0. The van der Waals surface area contributed by atoms with Gasteiger partial charge in [0.2, 0.25) is 0 Å². The van der Waals surface area contributed by atoms with Crippen LogP contribution in [0.15, 0.2) is 36.6 Å². The van der Waals surface area contributed by atoms with Crippen molar-refractivity contribution in [2.75, 3.05) is 6.61 Å². The molecule has 1 aliphatic rings. The van der Waals surface area contributed by atoms with E-state index in [1.54, 1.807) is 6.26 Å². The third kappa shape index (κ3) is 3.89. The molecule has 0 bridgehead atoms. The Balaban J connectivity index is 1.83. The first kappa shape index (κ1) is 13.7. The zero-order chi connectivity index (χ0) is 13.5. The van der Waals surface area contributed by atoms with Crippen LogP contribution in [0.3, 0.4) is 0 Å². The number of hydrogen-bond acceptors (Lipinski definition) is 1. The summed E-state index contributed by atoms with van der Waals surface area (Å²) >= 11 is 0. The Morgan fingerprint density at radius 2 is 1.89 bits per heavy atom. The highest BCUT2D eigenvalue weighted by Crippen LogP contribution is 2.35. The lowest BCUT2D eigenvalue weighted by Gasteiger charge is -2.28. The van der Waals surface area contributed by atoms with Gasteiger partial charge in [-0.1, -0.05) is 24.1 Å². The van der Waals surface area contributed by atoms with Crippen molar-refractivity contribution < 1.29 is 4.74 Å². The van der Waals surface area contributed by atoms with Crippen LogP contribution in [-0.2, 0) is 4.74 Å². The minimum atomic E-state index is 0.699. The van der Waals surface area contributed by atoms with E-state index in [1.165, 1.54) is 31.2 Å². The Kier molecular flexibility index (Phi) is 5.10. The van der Waals surface area contributed by atoms with Gasteiger partial charge in [0, 0.05) is 5.56 Å². The summed E-state index contributed by atoms with van der Waals surface area (Å²) in [6.07, 6.45) is 14.2. The van der Waals surface area contributed by atoms with Gasteiger partial charge in [-0.25, -0.2) is 0 Å². The number of terminal acetylenes is 1. The minimum absolute atomic E-state index is 0.699. The van der Waals surface area contributed by atoms with Gasteiger partial charge in [-0.15, -0.1) is 6.42 Å². The van der Waals surface area contributed by atoms with Crippen molar-refractivity contribution in [1.82, 2.24) is 0 Å². The minimum Gasteiger partial charge on any atom is -0.501 e. The predicted octanol–water partition coefficient (Wildman–Crippen LogP) is 4.49.